The van der Waals surface area contributed by atoms with Crippen LogP contribution in [-0.4, -0.2) is 47.2 Å². The molecule has 1 fully saturated rings. The second-order valence-corrected chi connectivity index (χ2v) is 9.41. The first kappa shape index (κ1) is 21.1. The average molecular weight is 425 g/mol. The van der Waals surface area contributed by atoms with E-state index in [-0.39, 0.29) is 10.9 Å². The van der Waals surface area contributed by atoms with Crippen LogP contribution in [0, 0.1) is 0 Å². The van der Waals surface area contributed by atoms with E-state index >= 15 is 0 Å². The van der Waals surface area contributed by atoms with Crippen molar-refractivity contribution in [1.29, 1.82) is 0 Å². The Morgan fingerprint density at radius 3 is 2.46 bits per heavy atom. The molecule has 0 unspecified atom stereocenters. The van der Waals surface area contributed by atoms with Gasteiger partial charge in [-0.2, -0.15) is 11.3 Å². The summed E-state index contributed by atoms with van der Waals surface area (Å²) < 4.78 is 39.3. The monoisotopic (exact) mass is 424 g/mol. The first-order chi connectivity index (χ1) is 13.5. The highest BCUT2D eigenvalue weighted by Gasteiger charge is 2.26. The van der Waals surface area contributed by atoms with Crippen LogP contribution in [-0.2, 0) is 10.0 Å². The molecule has 0 radical (unpaired) electrons. The normalized spacial score (nSPS) is 17.1. The van der Waals surface area contributed by atoms with E-state index in [2.05, 4.69) is 21.1 Å². The standard InChI is InChI=1S/C20H28N2O4S2/c1-25-17-7-8-19(26-2)20(13-17)28(23,24)21-14-18(16-9-12-27-15-16)22-10-5-3-4-6-11-22/h7-9,12-13,15,18,21H,3-6,10-11,14H2,1-2H3/t18-/m0/s1. The number of nitrogens with zero attached hydrogens (tertiary/aromatic N) is 1. The van der Waals surface area contributed by atoms with Gasteiger partial charge in [0.2, 0.25) is 10.0 Å². The summed E-state index contributed by atoms with van der Waals surface area (Å²) in [5, 5.41) is 4.15. The average Bonchev–Trinajstić information content (AvgIpc) is 3.10. The fraction of sp³-hybridized carbons (Fsp3) is 0.500. The first-order valence-electron chi connectivity index (χ1n) is 9.53. The Bertz CT molecular complexity index is 845. The lowest BCUT2D eigenvalue weighted by Crippen LogP contribution is -2.38. The Labute approximate surface area is 171 Å². The minimum atomic E-state index is -3.75. The van der Waals surface area contributed by atoms with Crippen LogP contribution in [0.2, 0.25) is 0 Å². The van der Waals surface area contributed by atoms with Gasteiger partial charge in [-0.15, -0.1) is 0 Å². The second kappa shape index (κ2) is 9.73. The van der Waals surface area contributed by atoms with E-state index in [1.54, 1.807) is 23.5 Å². The van der Waals surface area contributed by atoms with Crippen molar-refractivity contribution in [2.24, 2.45) is 0 Å². The van der Waals surface area contributed by atoms with E-state index in [0.29, 0.717) is 18.0 Å². The second-order valence-electron chi connectivity index (χ2n) is 6.89. The maximum atomic E-state index is 13.0. The molecule has 0 spiro atoms. The molecule has 1 aliphatic rings. The van der Waals surface area contributed by atoms with Gasteiger partial charge < -0.3 is 9.47 Å². The number of thiophene rings is 1. The minimum Gasteiger partial charge on any atom is -0.497 e. The molecule has 2 heterocycles. The molecule has 0 amide bonds. The van der Waals surface area contributed by atoms with E-state index in [9.17, 15) is 8.42 Å². The van der Waals surface area contributed by atoms with Gasteiger partial charge in [0.15, 0.2) is 0 Å². The highest BCUT2D eigenvalue weighted by Crippen LogP contribution is 2.30. The molecule has 0 aliphatic carbocycles. The molecule has 0 saturated carbocycles. The maximum Gasteiger partial charge on any atom is 0.244 e. The van der Waals surface area contributed by atoms with Gasteiger partial charge in [-0.3, -0.25) is 4.90 Å². The van der Waals surface area contributed by atoms with Crippen LogP contribution in [0.1, 0.15) is 37.3 Å². The first-order valence-corrected chi connectivity index (χ1v) is 12.0. The third-order valence-corrected chi connectivity index (χ3v) is 7.28. The zero-order valence-corrected chi connectivity index (χ0v) is 18.0. The quantitative estimate of drug-likeness (QED) is 0.700. The summed E-state index contributed by atoms with van der Waals surface area (Å²) in [5.74, 6) is 0.776. The Morgan fingerprint density at radius 1 is 1.11 bits per heavy atom. The summed E-state index contributed by atoms with van der Waals surface area (Å²) in [6.45, 7) is 2.30. The number of hydrogen-bond acceptors (Lipinski definition) is 6. The van der Waals surface area contributed by atoms with Crippen LogP contribution in [0.5, 0.6) is 11.5 Å². The van der Waals surface area contributed by atoms with Gasteiger partial charge in [0.1, 0.15) is 16.4 Å². The Balaban J connectivity index is 1.82. The molecular formula is C20H28N2O4S2. The summed E-state index contributed by atoms with van der Waals surface area (Å²) in [4.78, 5) is 2.50. The molecule has 3 rings (SSSR count). The number of likely N-dealkylation sites (tertiary alicyclic amines) is 1. The summed E-state index contributed by atoms with van der Waals surface area (Å²) in [6.07, 6.45) is 4.77. The molecule has 8 heteroatoms. The highest BCUT2D eigenvalue weighted by molar-refractivity contribution is 7.89. The lowest BCUT2D eigenvalue weighted by molar-refractivity contribution is 0.206. The molecule has 0 bridgehead atoms. The fourth-order valence-corrected chi connectivity index (χ4v) is 5.52. The summed E-state index contributed by atoms with van der Waals surface area (Å²) in [5.41, 5.74) is 1.16. The molecule has 1 aromatic carbocycles. The van der Waals surface area contributed by atoms with E-state index in [1.807, 2.05) is 5.38 Å². The Kier molecular flexibility index (Phi) is 7.34. The lowest BCUT2D eigenvalue weighted by Gasteiger charge is -2.30. The highest BCUT2D eigenvalue weighted by atomic mass is 32.2. The summed E-state index contributed by atoms with van der Waals surface area (Å²) in [7, 11) is -0.772. The number of sulfonamides is 1. The van der Waals surface area contributed by atoms with Crippen LogP contribution in [0.3, 0.4) is 0 Å². The Morgan fingerprint density at radius 2 is 1.86 bits per heavy atom. The SMILES string of the molecule is COc1ccc(OC)c(S(=O)(=O)NC[C@@H](c2ccsc2)N2CCCCCC2)c1. The van der Waals surface area contributed by atoms with Crippen LogP contribution >= 0.6 is 11.3 Å². The number of rotatable bonds is 8. The molecule has 154 valence electrons. The summed E-state index contributed by atoms with van der Waals surface area (Å²) in [6, 6.07) is 6.89. The molecule has 2 aromatic rings. The van der Waals surface area contributed by atoms with Gasteiger partial charge in [-0.1, -0.05) is 12.8 Å². The van der Waals surface area contributed by atoms with Crippen molar-refractivity contribution in [3.05, 3.63) is 40.6 Å². The van der Waals surface area contributed by atoms with E-state index in [1.165, 1.54) is 33.1 Å². The van der Waals surface area contributed by atoms with E-state index < -0.39 is 10.0 Å². The molecule has 28 heavy (non-hydrogen) atoms. The number of ether oxygens (including phenoxy) is 2. The Hall–Kier alpha value is -1.61. The van der Waals surface area contributed by atoms with Crippen molar-refractivity contribution in [1.82, 2.24) is 9.62 Å². The molecule has 1 atom stereocenters. The number of methoxy groups -OCH3 is 2. The minimum absolute atomic E-state index is 0.0238. The molecule has 1 N–H and O–H groups in total. The summed E-state index contributed by atoms with van der Waals surface area (Å²) >= 11 is 1.64. The molecular weight excluding hydrogens is 396 g/mol. The zero-order chi connectivity index (χ0) is 20.0. The van der Waals surface area contributed by atoms with E-state index in [4.69, 9.17) is 9.47 Å². The molecule has 1 saturated heterocycles. The third-order valence-electron chi connectivity index (χ3n) is 5.14. The van der Waals surface area contributed by atoms with Gasteiger partial charge in [0, 0.05) is 18.7 Å². The van der Waals surface area contributed by atoms with Gasteiger partial charge in [-0.05, 0) is 60.5 Å². The predicted molar refractivity (Wildman–Crippen MR) is 112 cm³/mol. The van der Waals surface area contributed by atoms with Crippen LogP contribution in [0.25, 0.3) is 0 Å². The zero-order valence-electron chi connectivity index (χ0n) is 16.4. The van der Waals surface area contributed by atoms with Crippen molar-refractivity contribution >= 4 is 21.4 Å². The van der Waals surface area contributed by atoms with Crippen molar-refractivity contribution in [3.8, 4) is 11.5 Å². The van der Waals surface area contributed by atoms with Gasteiger partial charge >= 0.3 is 0 Å². The van der Waals surface area contributed by atoms with Gasteiger partial charge in [0.05, 0.1) is 14.2 Å². The van der Waals surface area contributed by atoms with Crippen molar-refractivity contribution in [2.75, 3.05) is 33.9 Å². The topological polar surface area (TPSA) is 67.9 Å². The maximum absolute atomic E-state index is 13.0. The van der Waals surface area contributed by atoms with Crippen LogP contribution in [0.15, 0.2) is 39.9 Å². The molecule has 1 aliphatic heterocycles. The molecule has 1 aromatic heterocycles. The van der Waals surface area contributed by atoms with Crippen molar-refractivity contribution in [2.45, 2.75) is 36.6 Å². The largest absolute Gasteiger partial charge is 0.497 e. The van der Waals surface area contributed by atoms with Crippen LogP contribution in [0.4, 0.5) is 0 Å². The van der Waals surface area contributed by atoms with Crippen LogP contribution < -0.4 is 14.2 Å². The van der Waals surface area contributed by atoms with Gasteiger partial charge in [0.25, 0.3) is 0 Å². The van der Waals surface area contributed by atoms with E-state index in [0.717, 1.165) is 31.5 Å². The number of nitrogens with one attached hydrogen (secondary N) is 1. The lowest BCUT2D eigenvalue weighted by atomic mass is 10.1. The third kappa shape index (κ3) is 5.05. The molecule has 6 nitrogen and oxygen atoms in total. The fourth-order valence-electron chi connectivity index (χ4n) is 3.59. The number of hydrogen-bond donors (Lipinski definition) is 1. The predicted octanol–water partition coefficient (Wildman–Crippen LogP) is 3.66. The number of benzene rings is 1. The van der Waals surface area contributed by atoms with Gasteiger partial charge in [-0.25, -0.2) is 13.1 Å². The van der Waals surface area contributed by atoms with Crippen molar-refractivity contribution in [3.63, 3.8) is 0 Å². The smallest absolute Gasteiger partial charge is 0.244 e. The van der Waals surface area contributed by atoms with Crippen molar-refractivity contribution < 1.29 is 17.9 Å².